The van der Waals surface area contributed by atoms with Crippen LogP contribution in [-0.4, -0.2) is 27.8 Å². The molecule has 0 aliphatic heterocycles. The average Bonchev–Trinajstić information content (AvgIpc) is 2.97. The van der Waals surface area contributed by atoms with Crippen molar-refractivity contribution in [1.82, 2.24) is 9.78 Å². The smallest absolute Gasteiger partial charge is 0.164 e. The number of Topliss-reactive ketones (excluding diaryl/α,β-unsaturated/α-hetero) is 1. The number of rotatable bonds is 6. The second-order valence-corrected chi connectivity index (χ2v) is 5.08. The Kier molecular flexibility index (Phi) is 4.17. The Bertz CT molecular complexity index is 406. The van der Waals surface area contributed by atoms with Gasteiger partial charge in [0.15, 0.2) is 5.78 Å². The van der Waals surface area contributed by atoms with Crippen molar-refractivity contribution in [2.24, 2.45) is 7.05 Å². The molecule has 4 nitrogen and oxygen atoms in total. The molecule has 0 N–H and O–H groups in total. The Hall–Kier alpha value is -1.16. The van der Waals surface area contributed by atoms with E-state index >= 15 is 0 Å². The lowest BCUT2D eigenvalue weighted by atomic mass is 9.92. The molecule has 0 aromatic carbocycles. The van der Waals surface area contributed by atoms with Gasteiger partial charge in [-0.2, -0.15) is 5.10 Å². The van der Waals surface area contributed by atoms with Gasteiger partial charge in [0.25, 0.3) is 0 Å². The van der Waals surface area contributed by atoms with E-state index in [1.807, 2.05) is 26.4 Å². The van der Waals surface area contributed by atoms with Crippen molar-refractivity contribution >= 4 is 5.78 Å². The van der Waals surface area contributed by atoms with Crippen LogP contribution in [-0.2, 0) is 23.0 Å². The zero-order valence-corrected chi connectivity index (χ0v) is 11.3. The van der Waals surface area contributed by atoms with Crippen molar-refractivity contribution in [2.45, 2.75) is 51.0 Å². The largest absolute Gasteiger partial charge is 0.368 e. The van der Waals surface area contributed by atoms with Crippen molar-refractivity contribution in [3.8, 4) is 0 Å². The summed E-state index contributed by atoms with van der Waals surface area (Å²) in [5.41, 5.74) is 0.646. The second kappa shape index (κ2) is 5.65. The van der Waals surface area contributed by atoms with Gasteiger partial charge in [0.05, 0.1) is 6.20 Å². The minimum Gasteiger partial charge on any atom is -0.368 e. The molecule has 1 aromatic heterocycles. The minimum absolute atomic E-state index is 0.269. The summed E-state index contributed by atoms with van der Waals surface area (Å²) in [6.07, 6.45) is 9.13. The van der Waals surface area contributed by atoms with E-state index in [9.17, 15) is 4.79 Å². The van der Waals surface area contributed by atoms with Gasteiger partial charge in [-0.3, -0.25) is 9.48 Å². The number of aryl methyl sites for hydroxylation is 2. The van der Waals surface area contributed by atoms with Gasteiger partial charge in [-0.1, -0.05) is 0 Å². The van der Waals surface area contributed by atoms with Crippen molar-refractivity contribution in [3.05, 3.63) is 18.0 Å². The van der Waals surface area contributed by atoms with Crippen molar-refractivity contribution < 1.29 is 9.53 Å². The van der Waals surface area contributed by atoms with Crippen LogP contribution < -0.4 is 0 Å². The maximum Gasteiger partial charge on any atom is 0.164 e. The second-order valence-electron chi connectivity index (χ2n) is 5.08. The first kappa shape index (κ1) is 13.3. The Labute approximate surface area is 108 Å². The zero-order valence-electron chi connectivity index (χ0n) is 11.3. The maximum atomic E-state index is 12.4. The number of ether oxygens (including phenoxy) is 1. The summed E-state index contributed by atoms with van der Waals surface area (Å²) in [6, 6.07) is 0. The number of carbonyl (C=O) groups excluding carboxylic acids is 1. The summed E-state index contributed by atoms with van der Waals surface area (Å²) in [5.74, 6) is 0.269. The predicted octanol–water partition coefficient (Wildman–Crippen LogP) is 2.27. The van der Waals surface area contributed by atoms with E-state index in [4.69, 9.17) is 4.74 Å². The molecule has 1 aliphatic rings. The Morgan fingerprint density at radius 1 is 1.50 bits per heavy atom. The molecule has 0 spiro atoms. The zero-order chi connectivity index (χ0) is 13.0. The van der Waals surface area contributed by atoms with Gasteiger partial charge >= 0.3 is 0 Å². The van der Waals surface area contributed by atoms with Crippen molar-refractivity contribution in [2.75, 3.05) is 6.61 Å². The summed E-state index contributed by atoms with van der Waals surface area (Å²) >= 11 is 0. The topological polar surface area (TPSA) is 44.1 Å². The lowest BCUT2D eigenvalue weighted by Gasteiger charge is -2.27. The van der Waals surface area contributed by atoms with E-state index in [0.29, 0.717) is 13.0 Å². The molecule has 0 atom stereocenters. The molecule has 0 saturated heterocycles. The Morgan fingerprint density at radius 3 is 2.78 bits per heavy atom. The van der Waals surface area contributed by atoms with Gasteiger partial charge in [0.1, 0.15) is 5.60 Å². The van der Waals surface area contributed by atoms with Crippen LogP contribution in [0.1, 0.15) is 44.6 Å². The molecule has 1 fully saturated rings. The molecule has 18 heavy (non-hydrogen) atoms. The number of carbonyl (C=O) groups is 1. The molecule has 2 rings (SSSR count). The van der Waals surface area contributed by atoms with Crippen LogP contribution in [0.5, 0.6) is 0 Å². The van der Waals surface area contributed by atoms with Crippen LogP contribution in [0, 0.1) is 0 Å². The molecule has 0 radical (unpaired) electrons. The van der Waals surface area contributed by atoms with E-state index in [0.717, 1.165) is 37.7 Å². The van der Waals surface area contributed by atoms with E-state index < -0.39 is 5.60 Å². The van der Waals surface area contributed by atoms with Gasteiger partial charge < -0.3 is 4.74 Å². The Balaban J connectivity index is 1.93. The number of aromatic nitrogens is 2. The van der Waals surface area contributed by atoms with Gasteiger partial charge in [-0.25, -0.2) is 0 Å². The van der Waals surface area contributed by atoms with Crippen LogP contribution in [0.2, 0.25) is 0 Å². The fraction of sp³-hybridized carbons (Fsp3) is 0.714. The summed E-state index contributed by atoms with van der Waals surface area (Å²) in [5, 5.41) is 4.12. The Morgan fingerprint density at radius 2 is 2.22 bits per heavy atom. The first-order chi connectivity index (χ1) is 8.66. The summed E-state index contributed by atoms with van der Waals surface area (Å²) in [7, 11) is 1.89. The third-order valence-electron chi connectivity index (χ3n) is 3.74. The summed E-state index contributed by atoms with van der Waals surface area (Å²) in [4.78, 5) is 12.4. The third kappa shape index (κ3) is 2.80. The molecule has 4 heteroatoms. The first-order valence-electron chi connectivity index (χ1n) is 6.81. The summed E-state index contributed by atoms with van der Waals surface area (Å²) in [6.45, 7) is 2.59. The molecule has 100 valence electrons. The van der Waals surface area contributed by atoms with Crippen LogP contribution in [0.15, 0.2) is 12.4 Å². The molecular formula is C14H22N2O2. The number of ketones is 1. The fourth-order valence-corrected chi connectivity index (χ4v) is 2.81. The highest BCUT2D eigenvalue weighted by atomic mass is 16.5. The third-order valence-corrected chi connectivity index (χ3v) is 3.74. The van der Waals surface area contributed by atoms with Gasteiger partial charge in [0, 0.05) is 26.3 Å². The number of hydrogen-bond acceptors (Lipinski definition) is 3. The lowest BCUT2D eigenvalue weighted by Crippen LogP contribution is -2.39. The molecule has 1 aromatic rings. The van der Waals surface area contributed by atoms with Crippen molar-refractivity contribution in [1.29, 1.82) is 0 Å². The standard InChI is InChI=1S/C14H22N2O2/c1-3-18-14(8-4-5-9-14)13(17)7-6-12-10-15-16(2)11-12/h10-11H,3-9H2,1-2H3. The molecule has 1 saturated carbocycles. The molecule has 0 amide bonds. The summed E-state index contributed by atoms with van der Waals surface area (Å²) < 4.78 is 7.55. The minimum atomic E-state index is -0.475. The highest BCUT2D eigenvalue weighted by molar-refractivity contribution is 5.87. The normalized spacial score (nSPS) is 18.1. The van der Waals surface area contributed by atoms with Crippen LogP contribution >= 0.6 is 0 Å². The van der Waals surface area contributed by atoms with Gasteiger partial charge in [-0.15, -0.1) is 0 Å². The van der Waals surface area contributed by atoms with Crippen LogP contribution in [0.25, 0.3) is 0 Å². The number of hydrogen-bond donors (Lipinski definition) is 0. The fourth-order valence-electron chi connectivity index (χ4n) is 2.81. The predicted molar refractivity (Wildman–Crippen MR) is 69.4 cm³/mol. The van der Waals surface area contributed by atoms with E-state index in [1.165, 1.54) is 0 Å². The van der Waals surface area contributed by atoms with E-state index in [2.05, 4.69) is 5.10 Å². The highest BCUT2D eigenvalue weighted by Gasteiger charge is 2.40. The molecule has 1 aliphatic carbocycles. The van der Waals surface area contributed by atoms with Gasteiger partial charge in [0.2, 0.25) is 0 Å². The van der Waals surface area contributed by atoms with Gasteiger partial charge in [-0.05, 0) is 44.6 Å². The van der Waals surface area contributed by atoms with E-state index in [-0.39, 0.29) is 5.78 Å². The molecule has 0 bridgehead atoms. The monoisotopic (exact) mass is 250 g/mol. The highest BCUT2D eigenvalue weighted by Crippen LogP contribution is 2.35. The van der Waals surface area contributed by atoms with E-state index in [1.54, 1.807) is 4.68 Å². The molecular weight excluding hydrogens is 228 g/mol. The van der Waals surface area contributed by atoms with Crippen LogP contribution in [0.4, 0.5) is 0 Å². The maximum absolute atomic E-state index is 12.4. The molecule has 0 unspecified atom stereocenters. The molecule has 1 heterocycles. The first-order valence-corrected chi connectivity index (χ1v) is 6.81. The average molecular weight is 250 g/mol. The SMILES string of the molecule is CCOC1(C(=O)CCc2cnn(C)c2)CCCC1. The van der Waals surface area contributed by atoms with Crippen molar-refractivity contribution in [3.63, 3.8) is 0 Å². The lowest BCUT2D eigenvalue weighted by molar-refractivity contribution is -0.143. The van der Waals surface area contributed by atoms with Crippen LogP contribution in [0.3, 0.4) is 0 Å². The quantitative estimate of drug-likeness (QED) is 0.778. The number of nitrogens with zero attached hydrogens (tertiary/aromatic N) is 2.